The fourth-order valence-corrected chi connectivity index (χ4v) is 4.79. The first-order valence-electron chi connectivity index (χ1n) is 6.80. The molecule has 0 amide bonds. The molecular formula is C18H14FOPS. The molecule has 0 heterocycles. The third-order valence-electron chi connectivity index (χ3n) is 3.30. The van der Waals surface area contributed by atoms with Crippen LogP contribution < -0.4 is 15.9 Å². The molecule has 0 aliphatic rings. The van der Waals surface area contributed by atoms with E-state index in [1.807, 2.05) is 54.6 Å². The van der Waals surface area contributed by atoms with Gasteiger partial charge < -0.3 is 4.55 Å². The molecule has 110 valence electrons. The second-order valence-corrected chi connectivity index (χ2v) is 7.61. The van der Waals surface area contributed by atoms with Gasteiger partial charge in [0.25, 0.3) is 0 Å². The molecule has 22 heavy (non-hydrogen) atoms. The zero-order chi connectivity index (χ0) is 15.4. The maximum atomic E-state index is 13.2. The largest absolute Gasteiger partial charge is 0.325 e. The van der Waals surface area contributed by atoms with Gasteiger partial charge in [0, 0.05) is 16.9 Å². The quantitative estimate of drug-likeness (QED) is 0.573. The van der Waals surface area contributed by atoms with Gasteiger partial charge in [-0.1, -0.05) is 54.6 Å². The molecule has 4 heteroatoms. The predicted molar refractivity (Wildman–Crippen MR) is 93.6 cm³/mol. The van der Waals surface area contributed by atoms with E-state index in [2.05, 4.69) is 12.1 Å². The number of halogens is 1. The van der Waals surface area contributed by atoms with Gasteiger partial charge >= 0.3 is 0 Å². The highest BCUT2D eigenvalue weighted by molar-refractivity contribution is 7.93. The van der Waals surface area contributed by atoms with Crippen molar-refractivity contribution in [3.05, 3.63) is 84.7 Å². The molecule has 1 atom stereocenters. The Morgan fingerprint density at radius 2 is 1.18 bits per heavy atom. The van der Waals surface area contributed by atoms with E-state index < -0.39 is 7.92 Å². The molecule has 0 fully saturated rings. The summed E-state index contributed by atoms with van der Waals surface area (Å²) in [5.41, 5.74) is 0. The van der Waals surface area contributed by atoms with Crippen LogP contribution in [0.5, 0.6) is 0 Å². The van der Waals surface area contributed by atoms with Gasteiger partial charge in [0.2, 0.25) is 0 Å². The minimum atomic E-state index is -0.733. The van der Waals surface area contributed by atoms with Crippen molar-refractivity contribution in [3.63, 3.8) is 0 Å². The van der Waals surface area contributed by atoms with Crippen LogP contribution in [0.3, 0.4) is 0 Å². The molecule has 0 aromatic heterocycles. The Hall–Kier alpha value is -1.67. The van der Waals surface area contributed by atoms with Crippen LogP contribution in [0.2, 0.25) is 0 Å². The first-order chi connectivity index (χ1) is 10.8. The first-order valence-corrected chi connectivity index (χ1v) is 8.91. The highest BCUT2D eigenvalue weighted by atomic mass is 32.2. The van der Waals surface area contributed by atoms with Crippen LogP contribution in [-0.2, 0) is 0 Å². The Balaban J connectivity index is 2.07. The van der Waals surface area contributed by atoms with Crippen molar-refractivity contribution in [1.82, 2.24) is 0 Å². The lowest BCUT2D eigenvalue weighted by Crippen LogP contribution is -2.20. The lowest BCUT2D eigenvalue weighted by Gasteiger charge is -2.19. The van der Waals surface area contributed by atoms with E-state index in [0.29, 0.717) is 0 Å². The van der Waals surface area contributed by atoms with Crippen molar-refractivity contribution in [2.45, 2.75) is 4.90 Å². The molecule has 0 bridgehead atoms. The van der Waals surface area contributed by atoms with Gasteiger partial charge in [-0.3, -0.25) is 0 Å². The maximum Gasteiger partial charge on any atom is 0.123 e. The average molecular weight is 328 g/mol. The van der Waals surface area contributed by atoms with Crippen LogP contribution in [0.15, 0.2) is 83.8 Å². The fraction of sp³-hybridized carbons (Fsp3) is 0. The summed E-state index contributed by atoms with van der Waals surface area (Å²) >= 11 is 0.740. The third kappa shape index (κ3) is 3.38. The van der Waals surface area contributed by atoms with Gasteiger partial charge in [-0.25, -0.2) is 4.39 Å². The summed E-state index contributed by atoms with van der Waals surface area (Å²) in [7, 11) is -0.733. The van der Waals surface area contributed by atoms with Crippen molar-refractivity contribution < 1.29 is 8.94 Å². The highest BCUT2D eigenvalue weighted by Crippen LogP contribution is 2.33. The predicted octanol–water partition coefficient (Wildman–Crippen LogP) is 4.15. The second kappa shape index (κ2) is 7.06. The number of hydrogen-bond donors (Lipinski definition) is 1. The van der Waals surface area contributed by atoms with Crippen LogP contribution in [0.4, 0.5) is 4.39 Å². The van der Waals surface area contributed by atoms with Crippen molar-refractivity contribution >= 4 is 35.9 Å². The summed E-state index contributed by atoms with van der Waals surface area (Å²) in [6.45, 7) is 0. The Labute approximate surface area is 134 Å². The average Bonchev–Trinajstić information content (AvgIpc) is 2.58. The minimum Gasteiger partial charge on any atom is -0.325 e. The van der Waals surface area contributed by atoms with Crippen LogP contribution in [-0.4, -0.2) is 4.55 Å². The lowest BCUT2D eigenvalue weighted by atomic mass is 10.3. The Morgan fingerprint density at radius 1 is 0.682 bits per heavy atom. The molecule has 0 radical (unpaired) electrons. The SMILES string of the molecule is OSc1ccc(P(c2ccccc2)c2ccc(F)cc2)cc1. The summed E-state index contributed by atoms with van der Waals surface area (Å²) in [5.74, 6) is -0.223. The molecule has 0 spiro atoms. The molecule has 3 aromatic rings. The lowest BCUT2D eigenvalue weighted by molar-refractivity contribution is 0.628. The van der Waals surface area contributed by atoms with Crippen molar-refractivity contribution in [2.75, 3.05) is 0 Å². The van der Waals surface area contributed by atoms with E-state index in [1.165, 1.54) is 22.7 Å². The zero-order valence-corrected chi connectivity index (χ0v) is 13.4. The van der Waals surface area contributed by atoms with Gasteiger partial charge in [-0.2, -0.15) is 0 Å². The monoisotopic (exact) mass is 328 g/mol. The van der Waals surface area contributed by atoms with Crippen LogP contribution in [0.25, 0.3) is 0 Å². The summed E-state index contributed by atoms with van der Waals surface area (Å²) in [4.78, 5) is 0.811. The van der Waals surface area contributed by atoms with Crippen LogP contribution in [0.1, 0.15) is 0 Å². The van der Waals surface area contributed by atoms with Gasteiger partial charge in [-0.05, 0) is 48.1 Å². The van der Waals surface area contributed by atoms with E-state index in [1.54, 1.807) is 0 Å². The molecular weight excluding hydrogens is 314 g/mol. The van der Waals surface area contributed by atoms with E-state index in [9.17, 15) is 4.39 Å². The highest BCUT2D eigenvalue weighted by Gasteiger charge is 2.16. The molecule has 0 saturated heterocycles. The Morgan fingerprint density at radius 3 is 1.73 bits per heavy atom. The minimum absolute atomic E-state index is 0.223. The molecule has 1 N–H and O–H groups in total. The van der Waals surface area contributed by atoms with Crippen LogP contribution >= 0.6 is 20.0 Å². The fourth-order valence-electron chi connectivity index (χ4n) is 2.27. The normalized spacial score (nSPS) is 12.1. The standard InChI is InChI=1S/C18H14FOPS/c19-14-6-8-16(9-7-14)21(15-4-2-1-3-5-15)17-10-12-18(22-20)13-11-17/h1-13,20H. The maximum absolute atomic E-state index is 13.2. The first kappa shape index (κ1) is 15.2. The molecule has 0 aliphatic heterocycles. The topological polar surface area (TPSA) is 20.2 Å². The molecule has 0 aliphatic carbocycles. The number of hydrogen-bond acceptors (Lipinski definition) is 2. The Bertz CT molecular complexity index is 729. The van der Waals surface area contributed by atoms with E-state index in [0.717, 1.165) is 22.2 Å². The molecule has 3 rings (SSSR count). The third-order valence-corrected chi connectivity index (χ3v) is 6.23. The summed E-state index contributed by atoms with van der Waals surface area (Å²) in [6.07, 6.45) is 0. The van der Waals surface area contributed by atoms with E-state index >= 15 is 0 Å². The zero-order valence-electron chi connectivity index (χ0n) is 11.7. The van der Waals surface area contributed by atoms with Gasteiger partial charge in [-0.15, -0.1) is 0 Å². The van der Waals surface area contributed by atoms with Gasteiger partial charge in [0.05, 0.1) is 0 Å². The summed E-state index contributed by atoms with van der Waals surface area (Å²) in [6, 6.07) is 24.8. The van der Waals surface area contributed by atoms with E-state index in [-0.39, 0.29) is 5.82 Å². The van der Waals surface area contributed by atoms with Gasteiger partial charge in [0.15, 0.2) is 0 Å². The number of rotatable bonds is 4. The molecule has 3 aromatic carbocycles. The summed E-state index contributed by atoms with van der Waals surface area (Å²) < 4.78 is 22.3. The van der Waals surface area contributed by atoms with Crippen LogP contribution in [0, 0.1) is 5.82 Å². The van der Waals surface area contributed by atoms with Gasteiger partial charge in [0.1, 0.15) is 5.82 Å². The van der Waals surface area contributed by atoms with E-state index in [4.69, 9.17) is 4.55 Å². The summed E-state index contributed by atoms with van der Waals surface area (Å²) in [5, 5.41) is 3.49. The molecule has 1 unspecified atom stereocenters. The number of benzene rings is 3. The smallest absolute Gasteiger partial charge is 0.123 e. The molecule has 1 nitrogen and oxygen atoms in total. The second-order valence-electron chi connectivity index (χ2n) is 4.73. The van der Waals surface area contributed by atoms with Crippen molar-refractivity contribution in [1.29, 1.82) is 0 Å². The van der Waals surface area contributed by atoms with Crippen molar-refractivity contribution in [2.24, 2.45) is 0 Å². The molecule has 0 saturated carbocycles. The Kier molecular flexibility index (Phi) is 4.89. The van der Waals surface area contributed by atoms with Crippen molar-refractivity contribution in [3.8, 4) is 0 Å².